The van der Waals surface area contributed by atoms with Crippen molar-refractivity contribution in [1.82, 2.24) is 9.80 Å². The van der Waals surface area contributed by atoms with Crippen molar-refractivity contribution in [3.63, 3.8) is 0 Å². The molecule has 1 atom stereocenters. The zero-order valence-corrected chi connectivity index (χ0v) is 16.0. The second kappa shape index (κ2) is 9.70. The fourth-order valence-corrected chi connectivity index (χ4v) is 1.82. The number of nitrogens with zero attached hydrogens (tertiary/aromatic N) is 3. The Labute approximate surface area is 145 Å². The van der Waals surface area contributed by atoms with Crippen LogP contribution in [-0.2, 0) is 0 Å². The molecule has 0 aromatic heterocycles. The van der Waals surface area contributed by atoms with Crippen LogP contribution in [0.1, 0.15) is 6.92 Å². The summed E-state index contributed by atoms with van der Waals surface area (Å²) in [4.78, 5) is 8.54. The van der Waals surface area contributed by atoms with Gasteiger partial charge in [0.1, 0.15) is 17.6 Å². The number of ether oxygens (including phenoxy) is 2. The molecule has 0 saturated heterocycles. The maximum Gasteiger partial charge on any atom is 0.195 e. The molecular weight excluding hydrogens is 381 g/mol. The monoisotopic (exact) mass is 407 g/mol. The molecule has 0 N–H and O–H groups in total. The molecule has 0 bridgehead atoms. The lowest BCUT2D eigenvalue weighted by molar-refractivity contribution is 0.229. The first-order valence-electron chi connectivity index (χ1n) is 6.64. The number of hydrogen-bond acceptors (Lipinski definition) is 3. The molecule has 120 valence electrons. The van der Waals surface area contributed by atoms with Crippen molar-refractivity contribution in [2.45, 2.75) is 13.0 Å². The number of guanidine groups is 1. The second-order valence-electron chi connectivity index (χ2n) is 5.03. The van der Waals surface area contributed by atoms with Crippen molar-refractivity contribution in [2.24, 2.45) is 4.99 Å². The normalized spacial score (nSPS) is 11.0. The van der Waals surface area contributed by atoms with Gasteiger partial charge >= 0.3 is 0 Å². The van der Waals surface area contributed by atoms with Crippen LogP contribution in [0.3, 0.4) is 0 Å². The van der Waals surface area contributed by atoms with Gasteiger partial charge in [0.25, 0.3) is 0 Å². The highest BCUT2D eigenvalue weighted by molar-refractivity contribution is 14.0. The molecule has 0 radical (unpaired) electrons. The molecule has 1 rings (SSSR count). The summed E-state index contributed by atoms with van der Waals surface area (Å²) in [5.41, 5.74) is 0. The first-order valence-corrected chi connectivity index (χ1v) is 6.64. The fraction of sp³-hybridized carbons (Fsp3) is 0.533. The van der Waals surface area contributed by atoms with Crippen molar-refractivity contribution < 1.29 is 9.47 Å². The fourth-order valence-electron chi connectivity index (χ4n) is 1.82. The van der Waals surface area contributed by atoms with E-state index < -0.39 is 0 Å². The summed E-state index contributed by atoms with van der Waals surface area (Å²) in [5.74, 6) is 2.57. The molecule has 0 aliphatic rings. The maximum atomic E-state index is 5.82. The Balaban J connectivity index is 0.00000400. The molecule has 21 heavy (non-hydrogen) atoms. The van der Waals surface area contributed by atoms with Crippen LogP contribution in [0, 0.1) is 0 Å². The zero-order valence-electron chi connectivity index (χ0n) is 13.7. The van der Waals surface area contributed by atoms with Gasteiger partial charge in [-0.3, -0.25) is 0 Å². The van der Waals surface area contributed by atoms with Crippen molar-refractivity contribution in [1.29, 1.82) is 0 Å². The maximum absolute atomic E-state index is 5.82. The minimum absolute atomic E-state index is 0. The lowest BCUT2D eigenvalue weighted by Crippen LogP contribution is -2.36. The van der Waals surface area contributed by atoms with E-state index in [9.17, 15) is 0 Å². The van der Waals surface area contributed by atoms with Crippen LogP contribution < -0.4 is 9.47 Å². The molecule has 0 fully saturated rings. The Hall–Kier alpha value is -1.18. The number of hydrogen-bond donors (Lipinski definition) is 0. The Morgan fingerprint density at radius 3 is 1.95 bits per heavy atom. The van der Waals surface area contributed by atoms with Crippen molar-refractivity contribution >= 4 is 29.9 Å². The van der Waals surface area contributed by atoms with Gasteiger partial charge in [-0.1, -0.05) is 0 Å². The Kier molecular flexibility index (Phi) is 9.16. The lowest BCUT2D eigenvalue weighted by Gasteiger charge is -2.23. The third-order valence-electron chi connectivity index (χ3n) is 2.69. The molecule has 1 aromatic rings. The molecule has 0 amide bonds. The van der Waals surface area contributed by atoms with Gasteiger partial charge in [-0.25, -0.2) is 4.99 Å². The summed E-state index contributed by atoms with van der Waals surface area (Å²) in [6.07, 6.45) is 0.0123. The smallest absolute Gasteiger partial charge is 0.195 e. The Morgan fingerprint density at radius 2 is 1.52 bits per heavy atom. The van der Waals surface area contributed by atoms with Gasteiger partial charge in [-0.2, -0.15) is 0 Å². The summed E-state index contributed by atoms with van der Waals surface area (Å²) in [6.45, 7) is 2.62. The van der Waals surface area contributed by atoms with Crippen LogP contribution in [0.25, 0.3) is 0 Å². The average Bonchev–Trinajstić information content (AvgIpc) is 2.39. The van der Waals surface area contributed by atoms with Gasteiger partial charge < -0.3 is 19.3 Å². The van der Waals surface area contributed by atoms with Crippen LogP contribution in [0.5, 0.6) is 11.5 Å². The highest BCUT2D eigenvalue weighted by Gasteiger charge is 2.07. The van der Waals surface area contributed by atoms with E-state index in [1.807, 2.05) is 69.2 Å². The molecule has 0 aliphatic heterocycles. The summed E-state index contributed by atoms with van der Waals surface area (Å²) in [7, 11) is 9.57. The number of rotatable bonds is 5. The predicted molar refractivity (Wildman–Crippen MR) is 98.2 cm³/mol. The third-order valence-corrected chi connectivity index (χ3v) is 2.69. The molecule has 6 heteroatoms. The van der Waals surface area contributed by atoms with Crippen molar-refractivity contribution in [3.05, 3.63) is 24.3 Å². The van der Waals surface area contributed by atoms with Crippen LogP contribution >= 0.6 is 24.0 Å². The molecule has 0 saturated carbocycles. The Bertz CT molecular complexity index is 423. The van der Waals surface area contributed by atoms with Crippen molar-refractivity contribution in [2.75, 3.05) is 41.8 Å². The SMILES string of the molecule is COc1ccc(OC(C)CN=C(N(C)C)N(C)C)cc1.I. The number of halogens is 1. The van der Waals surface area contributed by atoms with E-state index in [-0.39, 0.29) is 30.1 Å². The number of benzene rings is 1. The van der Waals surface area contributed by atoms with Gasteiger partial charge in [0.15, 0.2) is 5.96 Å². The van der Waals surface area contributed by atoms with E-state index in [0.717, 1.165) is 17.5 Å². The standard InChI is InChI=1S/C15H25N3O2.HI/c1-12(11-16-15(17(2)3)18(4)5)20-14-9-7-13(19-6)8-10-14;/h7-10,12H,11H2,1-6H3;1H. The van der Waals surface area contributed by atoms with E-state index in [1.54, 1.807) is 7.11 Å². The van der Waals surface area contributed by atoms with Gasteiger partial charge in [0.2, 0.25) is 0 Å². The van der Waals surface area contributed by atoms with E-state index in [0.29, 0.717) is 6.54 Å². The molecule has 5 nitrogen and oxygen atoms in total. The number of aliphatic imine (C=N–C) groups is 1. The van der Waals surface area contributed by atoms with Gasteiger partial charge in [-0.15, -0.1) is 24.0 Å². The summed E-state index contributed by atoms with van der Waals surface area (Å²) >= 11 is 0. The summed E-state index contributed by atoms with van der Waals surface area (Å²) in [6, 6.07) is 7.57. The van der Waals surface area contributed by atoms with Gasteiger partial charge in [0, 0.05) is 28.2 Å². The number of methoxy groups -OCH3 is 1. The first kappa shape index (κ1) is 19.8. The lowest BCUT2D eigenvalue weighted by atomic mass is 10.3. The van der Waals surface area contributed by atoms with Crippen LogP contribution in [-0.4, -0.2) is 63.7 Å². The highest BCUT2D eigenvalue weighted by Crippen LogP contribution is 2.18. The van der Waals surface area contributed by atoms with Crippen LogP contribution in [0.2, 0.25) is 0 Å². The minimum atomic E-state index is 0. The average molecular weight is 407 g/mol. The second-order valence-corrected chi connectivity index (χ2v) is 5.03. The molecule has 0 spiro atoms. The van der Waals surface area contributed by atoms with Crippen LogP contribution in [0.15, 0.2) is 29.3 Å². The first-order chi connectivity index (χ1) is 9.43. The van der Waals surface area contributed by atoms with Gasteiger partial charge in [0.05, 0.1) is 13.7 Å². The van der Waals surface area contributed by atoms with E-state index >= 15 is 0 Å². The molecule has 1 unspecified atom stereocenters. The molecular formula is C15H26IN3O2. The van der Waals surface area contributed by atoms with Gasteiger partial charge in [-0.05, 0) is 31.2 Å². The largest absolute Gasteiger partial charge is 0.497 e. The predicted octanol–water partition coefficient (Wildman–Crippen LogP) is 2.56. The zero-order chi connectivity index (χ0) is 15.1. The topological polar surface area (TPSA) is 37.3 Å². The highest BCUT2D eigenvalue weighted by atomic mass is 127. The van der Waals surface area contributed by atoms with Crippen molar-refractivity contribution in [3.8, 4) is 11.5 Å². The Morgan fingerprint density at radius 1 is 1.05 bits per heavy atom. The van der Waals surface area contributed by atoms with E-state index in [2.05, 4.69) is 4.99 Å². The molecule has 1 aromatic carbocycles. The third kappa shape index (κ3) is 6.88. The van der Waals surface area contributed by atoms with Crippen LogP contribution in [0.4, 0.5) is 0 Å². The minimum Gasteiger partial charge on any atom is -0.497 e. The molecule has 0 heterocycles. The summed E-state index contributed by atoms with van der Waals surface area (Å²) < 4.78 is 10.9. The quantitative estimate of drug-likeness (QED) is 0.427. The summed E-state index contributed by atoms with van der Waals surface area (Å²) in [5, 5.41) is 0. The van der Waals surface area contributed by atoms with E-state index in [4.69, 9.17) is 9.47 Å². The van der Waals surface area contributed by atoms with E-state index in [1.165, 1.54) is 0 Å². The molecule has 0 aliphatic carbocycles.